The molecule has 42 heavy (non-hydrogen) atoms. The number of hydrogen-bond donors (Lipinski definition) is 1. The molecule has 0 saturated heterocycles. The fourth-order valence-corrected chi connectivity index (χ4v) is 8.23. The molecule has 2 nitrogen and oxygen atoms in total. The van der Waals surface area contributed by atoms with E-state index in [2.05, 4.69) is 145 Å². The van der Waals surface area contributed by atoms with Crippen molar-refractivity contribution in [3.63, 3.8) is 0 Å². The lowest BCUT2D eigenvalue weighted by molar-refractivity contribution is -0.578. The molecule has 1 aliphatic heterocycles. The van der Waals surface area contributed by atoms with Gasteiger partial charge in [0.2, 0.25) is 0 Å². The number of quaternary nitrogens is 1. The number of nitrogens with two attached hydrogens (primary N) is 1. The van der Waals surface area contributed by atoms with Crippen molar-refractivity contribution < 1.29 is 9.73 Å². The van der Waals surface area contributed by atoms with Crippen LogP contribution in [0.5, 0.6) is 0 Å². The van der Waals surface area contributed by atoms with Gasteiger partial charge in [0.05, 0.1) is 5.56 Å². The SMILES string of the molecule is C1=CC2=c3ccccc3=C(c3cccc4c5c(oc34)C3(c4ccccc4-c4ccccc43)c3ccccc3-5)[NH2+]C2C=C1. The molecule has 3 aliphatic carbocycles. The van der Waals surface area contributed by atoms with Crippen molar-refractivity contribution in [2.24, 2.45) is 0 Å². The van der Waals surface area contributed by atoms with Crippen molar-refractivity contribution in [2.45, 2.75) is 11.5 Å². The standard InChI is InChI=1S/C40H25NO/c1-2-16-28-24(12-1)27-15-6-10-23-35(27)41-37(28)31-19-11-18-30-36-29-17-5-9-22-34(29)40(39(36)42-38(30)31)32-20-7-3-13-25(32)26-14-4-8-21-33(26)40/h1-23,35,41H/p+1. The van der Waals surface area contributed by atoms with Gasteiger partial charge in [-0.15, -0.1) is 0 Å². The maximum absolute atomic E-state index is 7.30. The molecule has 10 rings (SSSR count). The maximum Gasteiger partial charge on any atom is 0.149 e. The molecule has 0 saturated carbocycles. The Kier molecular flexibility index (Phi) is 4.27. The lowest BCUT2D eigenvalue weighted by Crippen LogP contribution is -2.90. The monoisotopic (exact) mass is 536 g/mol. The molecule has 6 aromatic rings. The molecule has 0 radical (unpaired) electrons. The quantitative estimate of drug-likeness (QED) is 0.268. The zero-order chi connectivity index (χ0) is 27.4. The van der Waals surface area contributed by atoms with Gasteiger partial charge in [0.15, 0.2) is 0 Å². The molecular weight excluding hydrogens is 510 g/mol. The Labute approximate surface area is 243 Å². The van der Waals surface area contributed by atoms with E-state index in [1.54, 1.807) is 0 Å². The van der Waals surface area contributed by atoms with E-state index in [1.165, 1.54) is 66.0 Å². The van der Waals surface area contributed by atoms with Gasteiger partial charge >= 0.3 is 0 Å². The van der Waals surface area contributed by atoms with E-state index in [1.807, 2.05) is 0 Å². The number of allylic oxidation sites excluding steroid dienone is 2. The van der Waals surface area contributed by atoms with Crippen LogP contribution in [0.25, 0.3) is 44.5 Å². The van der Waals surface area contributed by atoms with Crippen LogP contribution in [0.15, 0.2) is 144 Å². The summed E-state index contributed by atoms with van der Waals surface area (Å²) in [5.74, 6) is 1.04. The van der Waals surface area contributed by atoms with Gasteiger partial charge in [0.25, 0.3) is 0 Å². The molecule has 196 valence electrons. The third-order valence-corrected chi connectivity index (χ3v) is 9.84. The predicted molar refractivity (Wildman–Crippen MR) is 168 cm³/mol. The fourth-order valence-electron chi connectivity index (χ4n) is 8.23. The normalized spacial score (nSPS) is 18.0. The van der Waals surface area contributed by atoms with Crippen LogP contribution in [0.1, 0.15) is 28.0 Å². The van der Waals surface area contributed by atoms with E-state index in [-0.39, 0.29) is 6.04 Å². The Morgan fingerprint density at radius 2 is 1.19 bits per heavy atom. The Hall–Kier alpha value is -5.18. The van der Waals surface area contributed by atoms with E-state index in [0.717, 1.165) is 16.9 Å². The zero-order valence-electron chi connectivity index (χ0n) is 22.8. The Bertz CT molecular complexity index is 2300. The molecule has 1 atom stereocenters. The summed E-state index contributed by atoms with van der Waals surface area (Å²) in [6.07, 6.45) is 8.86. The van der Waals surface area contributed by atoms with E-state index in [4.69, 9.17) is 4.42 Å². The summed E-state index contributed by atoms with van der Waals surface area (Å²) in [7, 11) is 0. The van der Waals surface area contributed by atoms with E-state index < -0.39 is 5.41 Å². The van der Waals surface area contributed by atoms with Crippen LogP contribution in [0.3, 0.4) is 0 Å². The van der Waals surface area contributed by atoms with Crippen LogP contribution in [0.4, 0.5) is 0 Å². The summed E-state index contributed by atoms with van der Waals surface area (Å²) in [5, 5.41) is 6.17. The summed E-state index contributed by atoms with van der Waals surface area (Å²) in [6, 6.07) is 42.5. The predicted octanol–water partition coefficient (Wildman–Crippen LogP) is 6.16. The molecule has 1 unspecified atom stereocenters. The number of para-hydroxylation sites is 1. The molecule has 2 heterocycles. The van der Waals surface area contributed by atoms with Crippen molar-refractivity contribution in [1.29, 1.82) is 0 Å². The largest absolute Gasteiger partial charge is 0.458 e. The molecule has 0 bridgehead atoms. The minimum absolute atomic E-state index is 0.248. The first kappa shape index (κ1) is 22.5. The van der Waals surface area contributed by atoms with E-state index >= 15 is 0 Å². The van der Waals surface area contributed by atoms with Gasteiger partial charge in [-0.25, -0.2) is 0 Å². The Balaban J connectivity index is 1.34. The fraction of sp³-hybridized carbons (Fsp3) is 0.0500. The van der Waals surface area contributed by atoms with Crippen LogP contribution < -0.4 is 15.8 Å². The number of fused-ring (bicyclic) bond motifs is 14. The second kappa shape index (κ2) is 7.97. The number of rotatable bonds is 1. The summed E-state index contributed by atoms with van der Waals surface area (Å²) in [6.45, 7) is 0. The average Bonchev–Trinajstić information content (AvgIpc) is 3.68. The van der Waals surface area contributed by atoms with Crippen LogP contribution in [-0.4, -0.2) is 6.04 Å². The molecule has 0 amide bonds. The minimum atomic E-state index is -0.480. The van der Waals surface area contributed by atoms with Gasteiger partial charge < -0.3 is 9.73 Å². The number of hydrogen-bond acceptors (Lipinski definition) is 1. The highest BCUT2D eigenvalue weighted by Crippen LogP contribution is 2.64. The molecule has 0 fully saturated rings. The lowest BCUT2D eigenvalue weighted by atomic mass is 9.73. The average molecular weight is 537 g/mol. The first-order valence-corrected chi connectivity index (χ1v) is 14.7. The molecule has 5 aromatic carbocycles. The molecule has 1 spiro atoms. The Morgan fingerprint density at radius 1 is 0.571 bits per heavy atom. The molecule has 2 heteroatoms. The lowest BCUT2D eigenvalue weighted by Gasteiger charge is -2.28. The van der Waals surface area contributed by atoms with E-state index in [9.17, 15) is 0 Å². The van der Waals surface area contributed by atoms with Gasteiger partial charge in [-0.1, -0.05) is 121 Å². The third kappa shape index (κ3) is 2.60. The van der Waals surface area contributed by atoms with Crippen molar-refractivity contribution in [2.75, 3.05) is 0 Å². The van der Waals surface area contributed by atoms with Gasteiger partial charge in [-0.2, -0.15) is 0 Å². The third-order valence-electron chi connectivity index (χ3n) is 9.84. The van der Waals surface area contributed by atoms with Crippen molar-refractivity contribution in [3.05, 3.63) is 178 Å². The van der Waals surface area contributed by atoms with Gasteiger partial charge in [-0.05, 0) is 56.8 Å². The van der Waals surface area contributed by atoms with Crippen LogP contribution in [-0.2, 0) is 5.41 Å². The van der Waals surface area contributed by atoms with Gasteiger partial charge in [-0.3, -0.25) is 0 Å². The molecule has 2 N–H and O–H groups in total. The number of furan rings is 1. The minimum Gasteiger partial charge on any atom is -0.458 e. The first-order valence-electron chi connectivity index (χ1n) is 14.7. The Morgan fingerprint density at radius 3 is 1.95 bits per heavy atom. The highest BCUT2D eigenvalue weighted by Gasteiger charge is 2.55. The van der Waals surface area contributed by atoms with Crippen molar-refractivity contribution in [3.8, 4) is 22.3 Å². The summed E-state index contributed by atoms with van der Waals surface area (Å²) in [4.78, 5) is 0. The molecule has 1 aromatic heterocycles. The first-order chi connectivity index (χ1) is 20.9. The molecule has 4 aliphatic rings. The number of benzene rings is 5. The highest BCUT2D eigenvalue weighted by atomic mass is 16.3. The summed E-state index contributed by atoms with van der Waals surface area (Å²) < 4.78 is 7.30. The second-order valence-electron chi connectivity index (χ2n) is 11.7. The van der Waals surface area contributed by atoms with Crippen molar-refractivity contribution >= 4 is 22.2 Å². The van der Waals surface area contributed by atoms with Crippen LogP contribution in [0.2, 0.25) is 0 Å². The molecular formula is C40H26NO+. The van der Waals surface area contributed by atoms with Crippen molar-refractivity contribution in [1.82, 2.24) is 0 Å². The van der Waals surface area contributed by atoms with Crippen LogP contribution >= 0.6 is 0 Å². The zero-order valence-corrected chi connectivity index (χ0v) is 22.8. The van der Waals surface area contributed by atoms with E-state index in [0.29, 0.717) is 0 Å². The topological polar surface area (TPSA) is 29.8 Å². The summed E-state index contributed by atoms with van der Waals surface area (Å²) >= 11 is 0. The second-order valence-corrected chi connectivity index (χ2v) is 11.7. The van der Waals surface area contributed by atoms with Gasteiger partial charge in [0.1, 0.15) is 28.5 Å². The maximum atomic E-state index is 7.30. The van der Waals surface area contributed by atoms with Gasteiger partial charge in [0, 0.05) is 21.7 Å². The summed E-state index contributed by atoms with van der Waals surface area (Å²) in [5.41, 5.74) is 13.2. The highest BCUT2D eigenvalue weighted by molar-refractivity contribution is 6.06. The van der Waals surface area contributed by atoms with Crippen LogP contribution in [0, 0.1) is 0 Å². The smallest absolute Gasteiger partial charge is 0.149 e.